The van der Waals surface area contributed by atoms with E-state index in [1.54, 1.807) is 4.31 Å². The molecule has 0 atom stereocenters. The number of anilines is 3. The average molecular weight is 330 g/mol. The summed E-state index contributed by atoms with van der Waals surface area (Å²) in [6, 6.07) is 15.1. The Morgan fingerprint density at radius 3 is 2.13 bits per heavy atom. The van der Waals surface area contributed by atoms with E-state index < -0.39 is 10.2 Å². The highest BCUT2D eigenvalue weighted by atomic mass is 32.2. The molecule has 0 bridgehead atoms. The fourth-order valence-electron chi connectivity index (χ4n) is 2.98. The van der Waals surface area contributed by atoms with Crippen LogP contribution in [0.1, 0.15) is 31.7 Å². The van der Waals surface area contributed by atoms with Crippen molar-refractivity contribution in [3.8, 4) is 0 Å². The fourth-order valence-corrected chi connectivity index (χ4v) is 4.80. The topological polar surface area (TPSA) is 40.6 Å². The van der Waals surface area contributed by atoms with Gasteiger partial charge in [-0.15, -0.1) is 0 Å². The predicted molar refractivity (Wildman–Crippen MR) is 95.6 cm³/mol. The van der Waals surface area contributed by atoms with Gasteiger partial charge in [-0.05, 0) is 37.1 Å². The molecule has 122 valence electrons. The predicted octanol–water partition coefficient (Wildman–Crippen LogP) is 4.39. The second-order valence-corrected chi connectivity index (χ2v) is 7.53. The van der Waals surface area contributed by atoms with E-state index in [4.69, 9.17) is 0 Å². The summed E-state index contributed by atoms with van der Waals surface area (Å²) in [5, 5.41) is 0. The zero-order chi connectivity index (χ0) is 16.4. The molecule has 2 aromatic carbocycles. The highest BCUT2D eigenvalue weighted by molar-refractivity contribution is 7.95. The molecule has 4 nitrogen and oxygen atoms in total. The third-order valence-corrected chi connectivity index (χ3v) is 5.97. The third-order valence-electron chi connectivity index (χ3n) is 4.18. The van der Waals surface area contributed by atoms with Gasteiger partial charge in [0.25, 0.3) is 0 Å². The Labute approximate surface area is 138 Å². The van der Waals surface area contributed by atoms with Gasteiger partial charge in [-0.25, -0.2) is 4.31 Å². The zero-order valence-electron chi connectivity index (χ0n) is 13.6. The monoisotopic (exact) mass is 330 g/mol. The van der Waals surface area contributed by atoms with Crippen molar-refractivity contribution in [2.45, 2.75) is 33.1 Å². The Bertz CT molecular complexity index is 802. The molecule has 0 unspecified atom stereocenters. The molecule has 23 heavy (non-hydrogen) atoms. The zero-order valence-corrected chi connectivity index (χ0v) is 14.4. The van der Waals surface area contributed by atoms with Crippen LogP contribution in [-0.2, 0) is 10.2 Å². The normalized spacial score (nSPS) is 15.7. The molecule has 0 spiro atoms. The van der Waals surface area contributed by atoms with Crippen molar-refractivity contribution in [2.75, 3.05) is 15.2 Å². The Kier molecular flexibility index (Phi) is 4.31. The summed E-state index contributed by atoms with van der Waals surface area (Å²) < 4.78 is 29.3. The van der Waals surface area contributed by atoms with Gasteiger partial charge >= 0.3 is 10.2 Å². The van der Waals surface area contributed by atoms with Crippen LogP contribution in [0.15, 0.2) is 48.5 Å². The highest BCUT2D eigenvalue weighted by Gasteiger charge is 2.41. The molecule has 0 aromatic heterocycles. The lowest BCUT2D eigenvalue weighted by Crippen LogP contribution is -2.36. The van der Waals surface area contributed by atoms with E-state index in [-0.39, 0.29) is 0 Å². The van der Waals surface area contributed by atoms with Gasteiger partial charge in [0.1, 0.15) is 0 Å². The number of nitrogens with zero attached hydrogens (tertiary/aromatic N) is 2. The summed E-state index contributed by atoms with van der Waals surface area (Å²) in [6.45, 7) is 4.58. The molecule has 3 rings (SSSR count). The van der Waals surface area contributed by atoms with Crippen molar-refractivity contribution in [1.29, 1.82) is 0 Å². The van der Waals surface area contributed by atoms with Crippen molar-refractivity contribution < 1.29 is 8.42 Å². The quantitative estimate of drug-likeness (QED) is 0.763. The molecule has 1 aliphatic rings. The highest BCUT2D eigenvalue weighted by Crippen LogP contribution is 2.45. The SMILES string of the molecule is CCCCCN1c2ccccc2N(c2ccccc2C)S1(=O)=O. The van der Waals surface area contributed by atoms with Crippen molar-refractivity contribution in [1.82, 2.24) is 0 Å². The van der Waals surface area contributed by atoms with E-state index in [1.165, 1.54) is 4.31 Å². The van der Waals surface area contributed by atoms with Crippen molar-refractivity contribution in [3.05, 3.63) is 54.1 Å². The minimum atomic E-state index is -3.58. The van der Waals surface area contributed by atoms with Crippen LogP contribution in [0.2, 0.25) is 0 Å². The molecule has 0 radical (unpaired) electrons. The molecule has 2 aromatic rings. The Morgan fingerprint density at radius 2 is 1.48 bits per heavy atom. The van der Waals surface area contributed by atoms with Crippen LogP contribution in [-0.4, -0.2) is 15.0 Å². The number of fused-ring (bicyclic) bond motifs is 1. The number of rotatable bonds is 5. The molecule has 0 fully saturated rings. The molecular formula is C18H22N2O2S. The molecule has 5 heteroatoms. The molecule has 0 amide bonds. The van der Waals surface area contributed by atoms with Crippen LogP contribution in [0, 0.1) is 6.92 Å². The standard InChI is InChI=1S/C18H22N2O2S/c1-3-4-9-14-19-17-12-7-8-13-18(17)20(23(19,21)22)16-11-6-5-10-15(16)2/h5-8,10-13H,3-4,9,14H2,1-2H3. The van der Waals surface area contributed by atoms with Crippen LogP contribution in [0.5, 0.6) is 0 Å². The van der Waals surface area contributed by atoms with E-state index in [9.17, 15) is 8.42 Å². The summed E-state index contributed by atoms with van der Waals surface area (Å²) >= 11 is 0. The van der Waals surface area contributed by atoms with Gasteiger partial charge in [0.05, 0.1) is 17.1 Å². The molecule has 1 aliphatic heterocycles. The molecule has 0 saturated heterocycles. The summed E-state index contributed by atoms with van der Waals surface area (Å²) in [5.74, 6) is 0. The fraction of sp³-hybridized carbons (Fsp3) is 0.333. The van der Waals surface area contributed by atoms with E-state index >= 15 is 0 Å². The van der Waals surface area contributed by atoms with E-state index in [1.807, 2.05) is 55.5 Å². The molecule has 0 saturated carbocycles. The number of unbranched alkanes of at least 4 members (excludes halogenated alkanes) is 2. The molecule has 1 heterocycles. The summed E-state index contributed by atoms with van der Waals surface area (Å²) in [5.41, 5.74) is 3.17. The first-order valence-electron chi connectivity index (χ1n) is 8.05. The van der Waals surface area contributed by atoms with Gasteiger partial charge in [0.2, 0.25) is 0 Å². The number of hydrogen-bond acceptors (Lipinski definition) is 2. The molecule has 0 aliphatic carbocycles. The maximum Gasteiger partial charge on any atom is 0.330 e. The number of hydrogen-bond donors (Lipinski definition) is 0. The first kappa shape index (κ1) is 15.9. The maximum absolute atomic E-state index is 13.1. The van der Waals surface area contributed by atoms with E-state index in [0.717, 1.165) is 41.9 Å². The van der Waals surface area contributed by atoms with Crippen LogP contribution in [0.25, 0.3) is 0 Å². The number of benzene rings is 2. The van der Waals surface area contributed by atoms with E-state index in [0.29, 0.717) is 6.54 Å². The van der Waals surface area contributed by atoms with Crippen LogP contribution < -0.4 is 8.61 Å². The molecule has 0 N–H and O–H groups in total. The first-order valence-corrected chi connectivity index (χ1v) is 9.44. The second-order valence-electron chi connectivity index (χ2n) is 5.83. The molecular weight excluding hydrogens is 308 g/mol. The van der Waals surface area contributed by atoms with Crippen LogP contribution in [0.3, 0.4) is 0 Å². The Morgan fingerprint density at radius 1 is 0.870 bits per heavy atom. The minimum absolute atomic E-state index is 0.523. The minimum Gasteiger partial charge on any atom is -0.251 e. The van der Waals surface area contributed by atoms with Crippen molar-refractivity contribution in [3.63, 3.8) is 0 Å². The summed E-state index contributed by atoms with van der Waals surface area (Å²) in [4.78, 5) is 0. The van der Waals surface area contributed by atoms with E-state index in [2.05, 4.69) is 6.92 Å². The lowest BCUT2D eigenvalue weighted by atomic mass is 10.2. The first-order chi connectivity index (χ1) is 11.1. The maximum atomic E-state index is 13.1. The van der Waals surface area contributed by atoms with Gasteiger partial charge in [-0.2, -0.15) is 8.42 Å². The van der Waals surface area contributed by atoms with Crippen molar-refractivity contribution in [2.24, 2.45) is 0 Å². The number of para-hydroxylation sites is 3. The summed E-state index contributed by atoms with van der Waals surface area (Å²) in [7, 11) is -3.58. The van der Waals surface area contributed by atoms with Crippen molar-refractivity contribution >= 4 is 27.3 Å². The Balaban J connectivity index is 2.09. The lowest BCUT2D eigenvalue weighted by Gasteiger charge is -2.23. The van der Waals surface area contributed by atoms with Gasteiger partial charge in [-0.1, -0.05) is 50.1 Å². The second kappa shape index (κ2) is 6.24. The van der Waals surface area contributed by atoms with Gasteiger partial charge in [-0.3, -0.25) is 4.31 Å². The van der Waals surface area contributed by atoms with Crippen LogP contribution >= 0.6 is 0 Å². The smallest absolute Gasteiger partial charge is 0.251 e. The van der Waals surface area contributed by atoms with Gasteiger partial charge in [0.15, 0.2) is 0 Å². The average Bonchev–Trinajstić information content (AvgIpc) is 2.76. The summed E-state index contributed by atoms with van der Waals surface area (Å²) in [6.07, 6.45) is 2.96. The Hall–Kier alpha value is -2.01. The lowest BCUT2D eigenvalue weighted by molar-refractivity contribution is 0.590. The van der Waals surface area contributed by atoms with Gasteiger partial charge < -0.3 is 0 Å². The largest absolute Gasteiger partial charge is 0.330 e. The van der Waals surface area contributed by atoms with Crippen LogP contribution in [0.4, 0.5) is 17.1 Å². The number of aryl methyl sites for hydroxylation is 1. The third kappa shape index (κ3) is 2.70. The van der Waals surface area contributed by atoms with Gasteiger partial charge in [0, 0.05) is 6.54 Å².